The summed E-state index contributed by atoms with van der Waals surface area (Å²) in [5.41, 5.74) is 1.84. The topological polar surface area (TPSA) is 87.7 Å². The molecule has 0 aliphatic carbocycles. The highest BCUT2D eigenvalue weighted by Crippen LogP contribution is 2.19. The molecule has 0 spiro atoms. The summed E-state index contributed by atoms with van der Waals surface area (Å²) in [7, 11) is 0. The Morgan fingerprint density at radius 2 is 1.70 bits per heavy atom. The number of likely N-dealkylation sites (tertiary alicyclic amines) is 1. The van der Waals surface area contributed by atoms with Gasteiger partial charge < -0.3 is 20.3 Å². The van der Waals surface area contributed by atoms with Gasteiger partial charge in [0.2, 0.25) is 0 Å². The molecule has 1 atom stereocenters. The van der Waals surface area contributed by atoms with Crippen molar-refractivity contribution in [3.63, 3.8) is 0 Å². The van der Waals surface area contributed by atoms with Crippen LogP contribution < -0.4 is 10.6 Å². The molecule has 2 aromatic rings. The zero-order valence-corrected chi connectivity index (χ0v) is 16.9. The second-order valence-corrected chi connectivity index (χ2v) is 7.27. The Morgan fingerprint density at radius 3 is 2.43 bits per heavy atom. The van der Waals surface area contributed by atoms with E-state index >= 15 is 0 Å². The van der Waals surface area contributed by atoms with Crippen LogP contribution in [0.15, 0.2) is 60.7 Å². The predicted molar refractivity (Wildman–Crippen MR) is 114 cm³/mol. The van der Waals surface area contributed by atoms with Gasteiger partial charge in [-0.15, -0.1) is 0 Å². The number of carbonyl (C=O) groups is 3. The SMILES string of the molecule is O=C(COC(=O)C1CCCN(C(=O)Nc2ccccc2)C1)NCCc1ccccc1. The van der Waals surface area contributed by atoms with Crippen molar-refractivity contribution in [1.29, 1.82) is 0 Å². The van der Waals surface area contributed by atoms with Gasteiger partial charge in [0.1, 0.15) is 0 Å². The summed E-state index contributed by atoms with van der Waals surface area (Å²) in [5.74, 6) is -1.18. The number of hydrogen-bond acceptors (Lipinski definition) is 4. The molecule has 1 saturated heterocycles. The summed E-state index contributed by atoms with van der Waals surface area (Å²) in [5, 5.41) is 5.58. The van der Waals surface area contributed by atoms with E-state index in [1.165, 1.54) is 0 Å². The van der Waals surface area contributed by atoms with Gasteiger partial charge in [-0.1, -0.05) is 48.5 Å². The average Bonchev–Trinajstić information content (AvgIpc) is 2.79. The van der Waals surface area contributed by atoms with Crippen LogP contribution in [0.5, 0.6) is 0 Å². The maximum Gasteiger partial charge on any atom is 0.321 e. The lowest BCUT2D eigenvalue weighted by Gasteiger charge is -2.31. The number of benzene rings is 2. The fourth-order valence-electron chi connectivity index (χ4n) is 3.37. The van der Waals surface area contributed by atoms with Crippen molar-refractivity contribution in [2.45, 2.75) is 19.3 Å². The molecule has 1 fully saturated rings. The van der Waals surface area contributed by atoms with Gasteiger partial charge in [-0.2, -0.15) is 0 Å². The van der Waals surface area contributed by atoms with Crippen molar-refractivity contribution in [2.75, 3.05) is 31.6 Å². The summed E-state index contributed by atoms with van der Waals surface area (Å²) in [6, 6.07) is 18.8. The van der Waals surface area contributed by atoms with E-state index in [1.807, 2.05) is 60.7 Å². The summed E-state index contributed by atoms with van der Waals surface area (Å²) < 4.78 is 5.18. The maximum absolute atomic E-state index is 12.4. The minimum atomic E-state index is -0.439. The number of rotatable bonds is 7. The Balaban J connectivity index is 1.38. The minimum absolute atomic E-state index is 0.239. The molecule has 3 rings (SSSR count). The summed E-state index contributed by atoms with van der Waals surface area (Å²) >= 11 is 0. The van der Waals surface area contributed by atoms with Crippen LogP contribution in [0.1, 0.15) is 18.4 Å². The van der Waals surface area contributed by atoms with Crippen molar-refractivity contribution in [3.05, 3.63) is 66.2 Å². The number of nitrogens with zero attached hydrogens (tertiary/aromatic N) is 1. The quantitative estimate of drug-likeness (QED) is 0.689. The fourth-order valence-corrected chi connectivity index (χ4v) is 3.37. The third kappa shape index (κ3) is 6.62. The molecule has 2 aromatic carbocycles. The molecular formula is C23H27N3O4. The Morgan fingerprint density at radius 1 is 1.00 bits per heavy atom. The van der Waals surface area contributed by atoms with E-state index in [0.29, 0.717) is 38.0 Å². The first-order valence-corrected chi connectivity index (χ1v) is 10.2. The van der Waals surface area contributed by atoms with E-state index < -0.39 is 11.9 Å². The molecule has 1 unspecified atom stereocenters. The van der Waals surface area contributed by atoms with Crippen molar-refractivity contribution < 1.29 is 19.1 Å². The van der Waals surface area contributed by atoms with Crippen LogP contribution in [0, 0.1) is 5.92 Å². The Hall–Kier alpha value is -3.35. The van der Waals surface area contributed by atoms with Gasteiger partial charge in [0.25, 0.3) is 5.91 Å². The van der Waals surface area contributed by atoms with Crippen LogP contribution in [0.4, 0.5) is 10.5 Å². The second kappa shape index (κ2) is 11.0. The molecule has 0 aromatic heterocycles. The highest BCUT2D eigenvalue weighted by atomic mass is 16.5. The zero-order chi connectivity index (χ0) is 21.2. The van der Waals surface area contributed by atoms with Crippen LogP contribution in [-0.4, -0.2) is 49.0 Å². The highest BCUT2D eigenvalue weighted by Gasteiger charge is 2.29. The van der Waals surface area contributed by atoms with Crippen molar-refractivity contribution >= 4 is 23.6 Å². The summed E-state index contributed by atoms with van der Waals surface area (Å²) in [6.45, 7) is 1.05. The number of anilines is 1. The lowest BCUT2D eigenvalue weighted by atomic mass is 9.98. The van der Waals surface area contributed by atoms with Crippen LogP contribution in [0.2, 0.25) is 0 Å². The molecule has 30 heavy (non-hydrogen) atoms. The standard InChI is InChI=1S/C23H27N3O4/c27-21(24-14-13-18-8-3-1-4-9-18)17-30-22(28)19-10-7-15-26(16-19)23(29)25-20-11-5-2-6-12-20/h1-6,8-9,11-12,19H,7,10,13-17H2,(H,24,27)(H,25,29). The van der Waals surface area contributed by atoms with Crippen LogP contribution >= 0.6 is 0 Å². The number of nitrogens with one attached hydrogen (secondary N) is 2. The molecule has 158 valence electrons. The summed E-state index contributed by atoms with van der Waals surface area (Å²) in [4.78, 5) is 38.3. The highest BCUT2D eigenvalue weighted by molar-refractivity contribution is 5.90. The first kappa shape index (κ1) is 21.4. The molecule has 3 amide bonds. The van der Waals surface area contributed by atoms with E-state index in [0.717, 1.165) is 5.56 Å². The second-order valence-electron chi connectivity index (χ2n) is 7.27. The van der Waals surface area contributed by atoms with Crippen molar-refractivity contribution in [3.8, 4) is 0 Å². The van der Waals surface area contributed by atoms with E-state index in [1.54, 1.807) is 4.90 Å². The van der Waals surface area contributed by atoms with Gasteiger partial charge >= 0.3 is 12.0 Å². The monoisotopic (exact) mass is 409 g/mol. The molecule has 1 heterocycles. The number of urea groups is 1. The first-order valence-electron chi connectivity index (χ1n) is 10.2. The van der Waals surface area contributed by atoms with E-state index in [-0.39, 0.29) is 25.1 Å². The van der Waals surface area contributed by atoms with Crippen LogP contribution in [0.3, 0.4) is 0 Å². The smallest absolute Gasteiger partial charge is 0.321 e. The number of para-hydroxylation sites is 1. The van der Waals surface area contributed by atoms with Crippen LogP contribution in [0.25, 0.3) is 0 Å². The Bertz CT molecular complexity index is 842. The molecule has 0 bridgehead atoms. The largest absolute Gasteiger partial charge is 0.455 e. The molecule has 1 aliphatic rings. The molecule has 0 radical (unpaired) electrons. The molecule has 1 aliphatic heterocycles. The third-order valence-corrected chi connectivity index (χ3v) is 4.99. The number of hydrogen-bond donors (Lipinski definition) is 2. The molecular weight excluding hydrogens is 382 g/mol. The number of amides is 3. The van der Waals surface area contributed by atoms with Gasteiger partial charge in [0, 0.05) is 25.3 Å². The number of piperidine rings is 1. The van der Waals surface area contributed by atoms with E-state index in [9.17, 15) is 14.4 Å². The normalized spacial score (nSPS) is 15.9. The zero-order valence-electron chi connectivity index (χ0n) is 16.9. The lowest BCUT2D eigenvalue weighted by molar-refractivity contribution is -0.153. The van der Waals surface area contributed by atoms with Gasteiger partial charge in [-0.3, -0.25) is 9.59 Å². The van der Waals surface area contributed by atoms with Gasteiger partial charge in [-0.25, -0.2) is 4.79 Å². The van der Waals surface area contributed by atoms with Gasteiger partial charge in [0.05, 0.1) is 5.92 Å². The molecule has 0 saturated carbocycles. The number of esters is 1. The minimum Gasteiger partial charge on any atom is -0.455 e. The van der Waals surface area contributed by atoms with Crippen molar-refractivity contribution in [1.82, 2.24) is 10.2 Å². The Labute approximate surface area is 176 Å². The maximum atomic E-state index is 12.4. The summed E-state index contributed by atoms with van der Waals surface area (Å²) in [6.07, 6.45) is 2.07. The molecule has 2 N–H and O–H groups in total. The lowest BCUT2D eigenvalue weighted by Crippen LogP contribution is -2.45. The fraction of sp³-hybridized carbons (Fsp3) is 0.348. The van der Waals surface area contributed by atoms with E-state index in [4.69, 9.17) is 4.74 Å². The first-order chi connectivity index (χ1) is 14.6. The predicted octanol–water partition coefficient (Wildman–Crippen LogP) is 2.83. The van der Waals surface area contributed by atoms with Gasteiger partial charge in [0.15, 0.2) is 6.61 Å². The average molecular weight is 409 g/mol. The van der Waals surface area contributed by atoms with Crippen LogP contribution in [-0.2, 0) is 20.7 Å². The number of carbonyl (C=O) groups excluding carboxylic acids is 3. The number of ether oxygens (including phenoxy) is 1. The Kier molecular flexibility index (Phi) is 7.83. The van der Waals surface area contributed by atoms with Crippen molar-refractivity contribution in [2.24, 2.45) is 5.92 Å². The van der Waals surface area contributed by atoms with Gasteiger partial charge in [-0.05, 0) is 37.0 Å². The van der Waals surface area contributed by atoms with E-state index in [2.05, 4.69) is 10.6 Å². The third-order valence-electron chi connectivity index (χ3n) is 4.99. The molecule has 7 nitrogen and oxygen atoms in total. The molecule has 7 heteroatoms.